The van der Waals surface area contributed by atoms with Crippen LogP contribution in [0.5, 0.6) is 0 Å². The van der Waals surface area contributed by atoms with Crippen LogP contribution >= 0.6 is 0 Å². The van der Waals surface area contributed by atoms with Crippen molar-refractivity contribution in [2.75, 3.05) is 6.54 Å². The van der Waals surface area contributed by atoms with Crippen LogP contribution in [0, 0.1) is 0 Å². The minimum atomic E-state index is 0.806. The van der Waals surface area contributed by atoms with Gasteiger partial charge in [-0.2, -0.15) is 0 Å². The molecule has 0 saturated heterocycles. The van der Waals surface area contributed by atoms with Gasteiger partial charge in [0.25, 0.3) is 0 Å². The van der Waals surface area contributed by atoms with Crippen molar-refractivity contribution in [2.24, 2.45) is 0 Å². The van der Waals surface area contributed by atoms with E-state index in [-0.39, 0.29) is 0 Å². The molecule has 0 aromatic carbocycles. The summed E-state index contributed by atoms with van der Waals surface area (Å²) < 4.78 is 0. The second-order valence-corrected chi connectivity index (χ2v) is 1.52. The molecule has 0 fully saturated rings. The van der Waals surface area contributed by atoms with E-state index in [9.17, 15) is 0 Å². The Labute approximate surface area is 49.4 Å². The average Bonchev–Trinajstić information content (AvgIpc) is 1.62. The first-order chi connectivity index (χ1) is 4.00. The topological polar surface area (TPSA) is 14.1 Å². The lowest BCUT2D eigenvalue weighted by Gasteiger charge is -1.88. The molecule has 0 aromatic rings. The molecule has 0 aliphatic carbocycles. The standard InChI is InChI=1S/C7H8N/c1-2-4-6-8-7-5-3-1/h1-6H,7H2/b2-1-,5-3-,6-4-. The summed E-state index contributed by atoms with van der Waals surface area (Å²) in [4.78, 5) is 0. The van der Waals surface area contributed by atoms with Crippen molar-refractivity contribution in [3.63, 3.8) is 0 Å². The van der Waals surface area contributed by atoms with Crippen molar-refractivity contribution in [3.05, 3.63) is 36.6 Å². The number of rotatable bonds is 0. The van der Waals surface area contributed by atoms with Gasteiger partial charge in [0.1, 0.15) is 0 Å². The van der Waals surface area contributed by atoms with E-state index in [1.807, 2.05) is 30.4 Å². The minimum Gasteiger partial charge on any atom is -0.289 e. The maximum Gasteiger partial charge on any atom is 0.0573 e. The Morgan fingerprint density at radius 2 is 1.88 bits per heavy atom. The summed E-state index contributed by atoms with van der Waals surface area (Å²) in [7, 11) is 0. The van der Waals surface area contributed by atoms with Crippen LogP contribution in [0.3, 0.4) is 0 Å². The highest BCUT2D eigenvalue weighted by atomic mass is 14.8. The molecule has 0 N–H and O–H groups in total. The molecule has 1 heterocycles. The van der Waals surface area contributed by atoms with Crippen molar-refractivity contribution in [1.82, 2.24) is 5.32 Å². The third-order valence-electron chi connectivity index (χ3n) is 0.872. The maximum absolute atomic E-state index is 4.01. The van der Waals surface area contributed by atoms with Crippen LogP contribution in [0.1, 0.15) is 0 Å². The molecule has 0 spiro atoms. The molecule has 1 aliphatic heterocycles. The van der Waals surface area contributed by atoms with Crippen molar-refractivity contribution >= 4 is 0 Å². The van der Waals surface area contributed by atoms with Gasteiger partial charge in [0.05, 0.1) is 6.54 Å². The molecule has 1 heteroatoms. The van der Waals surface area contributed by atoms with Crippen LogP contribution in [-0.2, 0) is 0 Å². The van der Waals surface area contributed by atoms with E-state index in [1.54, 1.807) is 6.20 Å². The van der Waals surface area contributed by atoms with Crippen molar-refractivity contribution in [1.29, 1.82) is 0 Å². The molecule has 1 rings (SSSR count). The van der Waals surface area contributed by atoms with E-state index in [0.717, 1.165) is 6.54 Å². The Morgan fingerprint density at radius 1 is 1.00 bits per heavy atom. The van der Waals surface area contributed by atoms with Gasteiger partial charge in [-0.15, -0.1) is 0 Å². The van der Waals surface area contributed by atoms with Crippen LogP contribution < -0.4 is 5.32 Å². The summed E-state index contributed by atoms with van der Waals surface area (Å²) in [6.07, 6.45) is 11.7. The highest BCUT2D eigenvalue weighted by Gasteiger charge is 1.74. The fourth-order valence-electron chi connectivity index (χ4n) is 0.500. The molecule has 0 bridgehead atoms. The van der Waals surface area contributed by atoms with Crippen LogP contribution in [0.4, 0.5) is 0 Å². The SMILES string of the molecule is C1=C\C=C/[N]C\C=C/1. The number of allylic oxidation sites excluding steroid dienone is 4. The zero-order valence-corrected chi connectivity index (χ0v) is 4.62. The van der Waals surface area contributed by atoms with E-state index < -0.39 is 0 Å². The first-order valence-electron chi connectivity index (χ1n) is 2.65. The van der Waals surface area contributed by atoms with Gasteiger partial charge in [-0.1, -0.05) is 24.3 Å². The van der Waals surface area contributed by atoms with E-state index in [0.29, 0.717) is 0 Å². The van der Waals surface area contributed by atoms with Gasteiger partial charge in [-0.25, -0.2) is 0 Å². The van der Waals surface area contributed by atoms with E-state index >= 15 is 0 Å². The normalized spacial score (nSPS) is 29.0. The number of nitrogens with zero attached hydrogens (tertiary/aromatic N) is 1. The largest absolute Gasteiger partial charge is 0.289 e. The van der Waals surface area contributed by atoms with E-state index in [1.165, 1.54) is 0 Å². The Morgan fingerprint density at radius 3 is 2.88 bits per heavy atom. The molecule has 0 unspecified atom stereocenters. The van der Waals surface area contributed by atoms with Crippen molar-refractivity contribution < 1.29 is 0 Å². The van der Waals surface area contributed by atoms with E-state index in [2.05, 4.69) is 5.32 Å². The van der Waals surface area contributed by atoms with Gasteiger partial charge in [-0.05, 0) is 6.08 Å². The summed E-state index contributed by atoms with van der Waals surface area (Å²) in [6, 6.07) is 0. The zero-order valence-electron chi connectivity index (χ0n) is 4.62. The van der Waals surface area contributed by atoms with Gasteiger partial charge in [0, 0.05) is 6.20 Å². The first kappa shape index (κ1) is 5.16. The number of hydrogen-bond donors (Lipinski definition) is 0. The molecule has 0 aromatic heterocycles. The van der Waals surface area contributed by atoms with Crippen molar-refractivity contribution in [3.8, 4) is 0 Å². The van der Waals surface area contributed by atoms with Gasteiger partial charge < -0.3 is 0 Å². The van der Waals surface area contributed by atoms with Gasteiger partial charge >= 0.3 is 0 Å². The molecule has 1 nitrogen and oxygen atoms in total. The lowest BCUT2D eigenvalue weighted by atomic mass is 10.4. The minimum absolute atomic E-state index is 0.806. The Hall–Kier alpha value is -0.980. The highest BCUT2D eigenvalue weighted by Crippen LogP contribution is 1.83. The summed E-state index contributed by atoms with van der Waals surface area (Å²) >= 11 is 0. The van der Waals surface area contributed by atoms with E-state index in [4.69, 9.17) is 0 Å². The van der Waals surface area contributed by atoms with Crippen LogP contribution in [0.2, 0.25) is 0 Å². The third kappa shape index (κ3) is 1.65. The molecule has 41 valence electrons. The van der Waals surface area contributed by atoms with Gasteiger partial charge in [-0.3, -0.25) is 5.32 Å². The predicted molar refractivity (Wildman–Crippen MR) is 34.4 cm³/mol. The Balaban J connectivity index is 2.51. The predicted octanol–water partition coefficient (Wildman–Crippen LogP) is 1.23. The highest BCUT2D eigenvalue weighted by molar-refractivity contribution is 5.13. The quantitative estimate of drug-likeness (QED) is 0.441. The summed E-state index contributed by atoms with van der Waals surface area (Å²) in [5, 5.41) is 4.01. The monoisotopic (exact) mass is 106 g/mol. The summed E-state index contributed by atoms with van der Waals surface area (Å²) in [6.45, 7) is 0.806. The summed E-state index contributed by atoms with van der Waals surface area (Å²) in [5.74, 6) is 0. The zero-order chi connectivity index (χ0) is 5.66. The lowest BCUT2D eigenvalue weighted by Crippen LogP contribution is -1.93. The Kier molecular flexibility index (Phi) is 1.99. The van der Waals surface area contributed by atoms with Crippen molar-refractivity contribution in [2.45, 2.75) is 0 Å². The fraction of sp³-hybridized carbons (Fsp3) is 0.143. The smallest absolute Gasteiger partial charge is 0.0573 e. The molecule has 1 radical (unpaired) electrons. The second kappa shape index (κ2) is 3.08. The van der Waals surface area contributed by atoms with Crippen LogP contribution in [-0.4, -0.2) is 6.54 Å². The molecule has 8 heavy (non-hydrogen) atoms. The van der Waals surface area contributed by atoms with Crippen LogP contribution in [0.15, 0.2) is 36.6 Å². The molecule has 1 aliphatic rings. The Bertz CT molecular complexity index is 115. The lowest BCUT2D eigenvalue weighted by molar-refractivity contribution is 0.963. The van der Waals surface area contributed by atoms with Gasteiger partial charge in [0.2, 0.25) is 0 Å². The molecule has 0 atom stereocenters. The molecular weight excluding hydrogens is 98.1 g/mol. The maximum atomic E-state index is 4.01. The molecular formula is C7H8N. The first-order valence-corrected chi connectivity index (χ1v) is 2.65. The summed E-state index contributed by atoms with van der Waals surface area (Å²) in [5.41, 5.74) is 0. The second-order valence-electron chi connectivity index (χ2n) is 1.52. The fourth-order valence-corrected chi connectivity index (χ4v) is 0.500. The third-order valence-corrected chi connectivity index (χ3v) is 0.872. The number of hydrogen-bond acceptors (Lipinski definition) is 0. The molecule has 0 amide bonds. The molecule has 0 saturated carbocycles. The average molecular weight is 106 g/mol. The van der Waals surface area contributed by atoms with Gasteiger partial charge in [0.15, 0.2) is 0 Å². The van der Waals surface area contributed by atoms with Crippen LogP contribution in [0.25, 0.3) is 0 Å².